The molecule has 0 amide bonds. The molecule has 1 unspecified atom stereocenters. The zero-order valence-corrected chi connectivity index (χ0v) is 7.34. The van der Waals surface area contributed by atoms with Crippen LogP contribution in [0.3, 0.4) is 0 Å². The minimum absolute atomic E-state index is 0.0245. The third-order valence-electron chi connectivity index (χ3n) is 0.921. The van der Waals surface area contributed by atoms with Crippen LogP contribution in [0.15, 0.2) is 12.7 Å². The topological polar surface area (TPSA) is 52.6 Å². The molecule has 0 aromatic carbocycles. The van der Waals surface area contributed by atoms with Gasteiger partial charge in [0.25, 0.3) is 0 Å². The van der Waals surface area contributed by atoms with Gasteiger partial charge in [-0.3, -0.25) is 0 Å². The Hall–Kier alpha value is -1.03. The maximum Gasteiger partial charge on any atom is 0.404 e. The molecule has 0 aliphatic rings. The van der Waals surface area contributed by atoms with Gasteiger partial charge in [-0.25, -0.2) is 9.59 Å². The second-order valence-corrected chi connectivity index (χ2v) is 2.31. The van der Waals surface area contributed by atoms with Crippen LogP contribution >= 0.6 is 11.6 Å². The standard InChI is InChI=1S/C7H9ClO4/c1-3-6(9)11-4-5(2)12-7(8)10/h3,5H,1,4H2,2H3. The van der Waals surface area contributed by atoms with Gasteiger partial charge in [0.2, 0.25) is 0 Å². The third kappa shape index (κ3) is 5.73. The highest BCUT2D eigenvalue weighted by molar-refractivity contribution is 6.61. The molecule has 0 aromatic heterocycles. The fraction of sp³-hybridized carbons (Fsp3) is 0.429. The Morgan fingerprint density at radius 1 is 1.67 bits per heavy atom. The molecule has 0 rings (SSSR count). The van der Waals surface area contributed by atoms with Crippen LogP contribution in [0, 0.1) is 0 Å². The van der Waals surface area contributed by atoms with Crippen LogP contribution in [-0.2, 0) is 14.3 Å². The molecule has 0 saturated heterocycles. The predicted molar refractivity (Wildman–Crippen MR) is 43.0 cm³/mol. The number of carbonyl (C=O) groups is 2. The lowest BCUT2D eigenvalue weighted by Gasteiger charge is -2.09. The van der Waals surface area contributed by atoms with Gasteiger partial charge in [-0.15, -0.1) is 0 Å². The summed E-state index contributed by atoms with van der Waals surface area (Å²) in [5.74, 6) is -0.563. The van der Waals surface area contributed by atoms with Crippen LogP contribution in [0.25, 0.3) is 0 Å². The smallest absolute Gasteiger partial charge is 0.404 e. The summed E-state index contributed by atoms with van der Waals surface area (Å²) in [5, 5.41) is 0. The van der Waals surface area contributed by atoms with E-state index < -0.39 is 17.5 Å². The van der Waals surface area contributed by atoms with Gasteiger partial charge in [-0.2, -0.15) is 0 Å². The van der Waals surface area contributed by atoms with E-state index in [4.69, 9.17) is 11.6 Å². The van der Waals surface area contributed by atoms with Gasteiger partial charge in [-0.1, -0.05) is 6.58 Å². The number of hydrogen-bond donors (Lipinski definition) is 0. The Morgan fingerprint density at radius 2 is 2.25 bits per heavy atom. The van der Waals surface area contributed by atoms with Crippen LogP contribution in [-0.4, -0.2) is 24.1 Å². The summed E-state index contributed by atoms with van der Waals surface area (Å²) >= 11 is 4.90. The largest absolute Gasteiger partial charge is 0.459 e. The van der Waals surface area contributed by atoms with Gasteiger partial charge in [0.15, 0.2) is 0 Å². The molecule has 0 aliphatic heterocycles. The number of halogens is 1. The molecule has 0 saturated carbocycles. The van der Waals surface area contributed by atoms with Gasteiger partial charge in [0, 0.05) is 17.7 Å². The molecule has 1 atom stereocenters. The van der Waals surface area contributed by atoms with Crippen molar-refractivity contribution in [2.75, 3.05) is 6.61 Å². The van der Waals surface area contributed by atoms with Crippen molar-refractivity contribution >= 4 is 23.0 Å². The van der Waals surface area contributed by atoms with Crippen molar-refractivity contribution in [1.82, 2.24) is 0 Å². The first-order valence-electron chi connectivity index (χ1n) is 3.21. The first kappa shape index (κ1) is 11.0. The fourth-order valence-corrected chi connectivity index (χ4v) is 0.603. The van der Waals surface area contributed by atoms with Gasteiger partial charge in [-0.05, 0) is 6.92 Å². The van der Waals surface area contributed by atoms with Crippen LogP contribution in [0.5, 0.6) is 0 Å². The number of esters is 1. The Labute approximate surface area is 75.1 Å². The predicted octanol–water partition coefficient (Wildman–Crippen LogP) is 1.48. The maximum atomic E-state index is 10.5. The van der Waals surface area contributed by atoms with E-state index in [1.165, 1.54) is 0 Å². The second-order valence-electron chi connectivity index (χ2n) is 2.00. The maximum absolute atomic E-state index is 10.5. The summed E-state index contributed by atoms with van der Waals surface area (Å²) < 4.78 is 9.02. The van der Waals surface area contributed by atoms with Crippen LogP contribution in [0.2, 0.25) is 0 Å². The van der Waals surface area contributed by atoms with Crippen molar-refractivity contribution in [1.29, 1.82) is 0 Å². The minimum atomic E-state index is -0.919. The molecule has 0 aliphatic carbocycles. The molecule has 0 bridgehead atoms. The molecule has 0 aromatic rings. The zero-order chi connectivity index (χ0) is 9.56. The van der Waals surface area contributed by atoms with Crippen LogP contribution in [0.4, 0.5) is 4.79 Å². The molecular weight excluding hydrogens is 184 g/mol. The van der Waals surface area contributed by atoms with Crippen LogP contribution < -0.4 is 0 Å². The number of hydrogen-bond acceptors (Lipinski definition) is 4. The van der Waals surface area contributed by atoms with Crippen molar-refractivity contribution < 1.29 is 19.1 Å². The summed E-state index contributed by atoms with van der Waals surface area (Å²) in [7, 11) is 0. The van der Waals surface area contributed by atoms with E-state index in [2.05, 4.69) is 16.1 Å². The Morgan fingerprint density at radius 3 is 2.67 bits per heavy atom. The van der Waals surface area contributed by atoms with Crippen LogP contribution in [0.1, 0.15) is 6.92 Å². The summed E-state index contributed by atoms with van der Waals surface area (Å²) in [4.78, 5) is 20.6. The minimum Gasteiger partial charge on any atom is -0.459 e. The molecule has 0 spiro atoms. The first-order valence-corrected chi connectivity index (χ1v) is 3.59. The van der Waals surface area contributed by atoms with E-state index in [0.717, 1.165) is 6.08 Å². The molecule has 5 heteroatoms. The summed E-state index contributed by atoms with van der Waals surface area (Å²) in [6, 6.07) is 0. The monoisotopic (exact) mass is 192 g/mol. The van der Waals surface area contributed by atoms with Gasteiger partial charge in [0.05, 0.1) is 0 Å². The molecule has 12 heavy (non-hydrogen) atoms. The molecule has 4 nitrogen and oxygen atoms in total. The Bertz CT molecular complexity index is 190. The summed E-state index contributed by atoms with van der Waals surface area (Å²) in [6.45, 7) is 4.72. The van der Waals surface area contributed by atoms with E-state index in [1.807, 2.05) is 0 Å². The highest BCUT2D eigenvalue weighted by Crippen LogP contribution is 1.96. The van der Waals surface area contributed by atoms with E-state index in [1.54, 1.807) is 6.92 Å². The molecule has 0 fully saturated rings. The SMILES string of the molecule is C=CC(=O)OCC(C)OC(=O)Cl. The normalized spacial score (nSPS) is 11.5. The lowest BCUT2D eigenvalue weighted by atomic mass is 10.4. The number of ether oxygens (including phenoxy) is 2. The Balaban J connectivity index is 3.56. The van der Waals surface area contributed by atoms with Crippen molar-refractivity contribution in [3.8, 4) is 0 Å². The third-order valence-corrected chi connectivity index (χ3v) is 1.01. The molecule has 0 N–H and O–H groups in total. The Kier molecular flexibility index (Phi) is 5.12. The van der Waals surface area contributed by atoms with Crippen molar-refractivity contribution in [3.63, 3.8) is 0 Å². The highest BCUT2D eigenvalue weighted by Gasteiger charge is 2.08. The van der Waals surface area contributed by atoms with Gasteiger partial charge < -0.3 is 9.47 Å². The molecular formula is C7H9ClO4. The lowest BCUT2D eigenvalue weighted by molar-refractivity contribution is -0.140. The fourth-order valence-electron chi connectivity index (χ4n) is 0.451. The summed E-state index contributed by atoms with van der Waals surface area (Å²) in [5.41, 5.74) is -0.919. The van der Waals surface area contributed by atoms with Crippen molar-refractivity contribution in [2.24, 2.45) is 0 Å². The first-order chi connectivity index (χ1) is 5.56. The quantitative estimate of drug-likeness (QED) is 0.385. The van der Waals surface area contributed by atoms with Crippen molar-refractivity contribution in [3.05, 3.63) is 12.7 Å². The average molecular weight is 193 g/mol. The molecule has 0 heterocycles. The van der Waals surface area contributed by atoms with E-state index in [9.17, 15) is 9.59 Å². The highest BCUT2D eigenvalue weighted by atomic mass is 35.5. The lowest BCUT2D eigenvalue weighted by Crippen LogP contribution is -2.19. The second kappa shape index (κ2) is 5.60. The van der Waals surface area contributed by atoms with Gasteiger partial charge >= 0.3 is 11.4 Å². The number of rotatable bonds is 4. The van der Waals surface area contributed by atoms with Gasteiger partial charge in [0.1, 0.15) is 12.7 Å². The zero-order valence-electron chi connectivity index (χ0n) is 6.58. The number of carbonyl (C=O) groups excluding carboxylic acids is 2. The van der Waals surface area contributed by atoms with E-state index >= 15 is 0 Å². The molecule has 0 radical (unpaired) electrons. The van der Waals surface area contributed by atoms with Crippen molar-refractivity contribution in [2.45, 2.75) is 13.0 Å². The van der Waals surface area contributed by atoms with E-state index in [-0.39, 0.29) is 6.61 Å². The molecule has 68 valence electrons. The average Bonchev–Trinajstić information content (AvgIpc) is 1.99. The summed E-state index contributed by atoms with van der Waals surface area (Å²) in [6.07, 6.45) is 0.480. The van der Waals surface area contributed by atoms with E-state index in [0.29, 0.717) is 0 Å².